The second kappa shape index (κ2) is 11.2. The van der Waals surface area contributed by atoms with Crippen LogP contribution in [0, 0.1) is 0 Å². The van der Waals surface area contributed by atoms with E-state index in [0.717, 1.165) is 51.2 Å². The molecule has 0 radical (unpaired) electrons. The lowest BCUT2D eigenvalue weighted by Gasteiger charge is -2.37. The molecule has 1 unspecified atom stereocenters. The van der Waals surface area contributed by atoms with Crippen molar-refractivity contribution >= 4 is 11.7 Å². The van der Waals surface area contributed by atoms with Crippen LogP contribution in [0.1, 0.15) is 48.2 Å². The van der Waals surface area contributed by atoms with Crippen LogP contribution < -0.4 is 9.64 Å². The Morgan fingerprint density at radius 2 is 1.82 bits per heavy atom. The molecule has 2 fully saturated rings. The highest BCUT2D eigenvalue weighted by Gasteiger charge is 2.26. The van der Waals surface area contributed by atoms with E-state index in [1.165, 1.54) is 24.8 Å². The quantitative estimate of drug-likeness (QED) is 0.670. The van der Waals surface area contributed by atoms with Gasteiger partial charge in [-0.05, 0) is 56.3 Å². The molecular formula is C26H36N4O4. The van der Waals surface area contributed by atoms with E-state index in [-0.39, 0.29) is 5.91 Å². The third-order valence-corrected chi connectivity index (χ3v) is 7.24. The zero-order valence-corrected chi connectivity index (χ0v) is 20.0. The number of piperidine rings is 1. The number of nitrogens with zero attached hydrogens (tertiary/aromatic N) is 4. The molecule has 8 heteroatoms. The third kappa shape index (κ3) is 5.73. The third-order valence-electron chi connectivity index (χ3n) is 7.24. The number of aryl methyl sites for hydroxylation is 1. The Morgan fingerprint density at radius 1 is 0.912 bits per heavy atom. The Kier molecular flexibility index (Phi) is 7.65. The van der Waals surface area contributed by atoms with Gasteiger partial charge in [0, 0.05) is 44.8 Å². The topological polar surface area (TPSA) is 71.3 Å². The fraction of sp³-hybridized carbons (Fsp3) is 0.615. The average molecular weight is 469 g/mol. The first-order valence-electron chi connectivity index (χ1n) is 12.8. The molecule has 8 nitrogen and oxygen atoms in total. The summed E-state index contributed by atoms with van der Waals surface area (Å²) < 4.78 is 16.9. The zero-order chi connectivity index (χ0) is 23.2. The summed E-state index contributed by atoms with van der Waals surface area (Å²) in [5, 5.41) is 4.17. The number of amides is 1. The van der Waals surface area contributed by atoms with Gasteiger partial charge in [0.15, 0.2) is 5.82 Å². The van der Waals surface area contributed by atoms with Crippen molar-refractivity contribution < 1.29 is 18.8 Å². The van der Waals surface area contributed by atoms with Gasteiger partial charge in [-0.2, -0.15) is 0 Å². The van der Waals surface area contributed by atoms with E-state index in [2.05, 4.69) is 33.2 Å². The molecule has 3 aliphatic rings. The Morgan fingerprint density at radius 3 is 2.74 bits per heavy atom. The number of carbonyl (C=O) groups excluding carboxylic acids is 1. The largest absolute Gasteiger partial charge is 0.494 e. The van der Waals surface area contributed by atoms with Crippen molar-refractivity contribution in [3.8, 4) is 5.75 Å². The van der Waals surface area contributed by atoms with Crippen LogP contribution in [0.4, 0.5) is 5.82 Å². The van der Waals surface area contributed by atoms with Crippen molar-refractivity contribution in [1.82, 2.24) is 15.0 Å². The summed E-state index contributed by atoms with van der Waals surface area (Å²) in [4.78, 5) is 20.0. The van der Waals surface area contributed by atoms with Crippen LogP contribution in [0.2, 0.25) is 0 Å². The highest BCUT2D eigenvalue weighted by atomic mass is 16.5. The van der Waals surface area contributed by atoms with Crippen LogP contribution in [0.3, 0.4) is 0 Å². The lowest BCUT2D eigenvalue weighted by molar-refractivity contribution is 0.0644. The fourth-order valence-electron chi connectivity index (χ4n) is 5.28. The van der Waals surface area contributed by atoms with Gasteiger partial charge < -0.3 is 23.8 Å². The number of carbonyl (C=O) groups is 1. The van der Waals surface area contributed by atoms with Crippen molar-refractivity contribution in [3.05, 3.63) is 41.7 Å². The molecule has 0 aliphatic carbocycles. The van der Waals surface area contributed by atoms with Crippen LogP contribution in [0.15, 0.2) is 34.9 Å². The number of aromatic nitrogens is 1. The standard InChI is InChI=1S/C26H36N4O4/c31-26(24-20-25(27-34-24)29-14-17-32-18-15-29)30-11-4-16-33-23-7-3-5-21(19-23)8-9-22-6-1-2-10-28(22)12-13-30/h3,5,7,19-20,22H,1-2,4,6,8-18H2. The molecule has 0 N–H and O–H groups in total. The number of hydrogen-bond acceptors (Lipinski definition) is 7. The van der Waals surface area contributed by atoms with Crippen molar-refractivity contribution in [1.29, 1.82) is 0 Å². The summed E-state index contributed by atoms with van der Waals surface area (Å²) in [6.07, 6.45) is 6.72. The Balaban J connectivity index is 1.30. The summed E-state index contributed by atoms with van der Waals surface area (Å²) in [6.45, 7) is 6.76. The predicted molar refractivity (Wildman–Crippen MR) is 130 cm³/mol. The number of anilines is 1. The first-order valence-corrected chi connectivity index (χ1v) is 12.8. The molecule has 4 heterocycles. The maximum absolute atomic E-state index is 13.4. The minimum atomic E-state index is -0.0883. The molecule has 1 amide bonds. The number of rotatable bonds is 2. The van der Waals surface area contributed by atoms with Gasteiger partial charge in [0.05, 0.1) is 19.8 Å². The molecule has 1 atom stereocenters. The average Bonchev–Trinajstić information content (AvgIpc) is 3.38. The molecule has 1 aromatic carbocycles. The van der Waals surface area contributed by atoms with E-state index in [9.17, 15) is 4.79 Å². The number of fused-ring (bicyclic) bond motifs is 3. The van der Waals surface area contributed by atoms with Gasteiger partial charge in [-0.15, -0.1) is 0 Å². The van der Waals surface area contributed by atoms with Crippen LogP contribution in [0.25, 0.3) is 0 Å². The van der Waals surface area contributed by atoms with E-state index in [4.69, 9.17) is 14.0 Å². The summed E-state index contributed by atoms with van der Waals surface area (Å²) >= 11 is 0. The van der Waals surface area contributed by atoms with Gasteiger partial charge in [-0.3, -0.25) is 9.69 Å². The first kappa shape index (κ1) is 23.2. The van der Waals surface area contributed by atoms with Gasteiger partial charge in [0.1, 0.15) is 5.75 Å². The van der Waals surface area contributed by atoms with Gasteiger partial charge in [-0.1, -0.05) is 23.7 Å². The monoisotopic (exact) mass is 468 g/mol. The molecule has 2 saturated heterocycles. The minimum Gasteiger partial charge on any atom is -0.494 e. The highest BCUT2D eigenvalue weighted by molar-refractivity contribution is 5.92. The number of morpholine rings is 1. The highest BCUT2D eigenvalue weighted by Crippen LogP contribution is 2.24. The predicted octanol–water partition coefficient (Wildman–Crippen LogP) is 3.22. The molecule has 184 valence electrons. The molecule has 0 saturated carbocycles. The molecule has 3 aliphatic heterocycles. The summed E-state index contributed by atoms with van der Waals surface area (Å²) in [5.41, 5.74) is 1.35. The van der Waals surface area contributed by atoms with Crippen LogP contribution in [-0.2, 0) is 11.2 Å². The molecule has 2 aromatic rings. The van der Waals surface area contributed by atoms with Gasteiger partial charge in [-0.25, -0.2) is 0 Å². The van der Waals surface area contributed by atoms with Crippen molar-refractivity contribution in [2.75, 3.05) is 64.0 Å². The van der Waals surface area contributed by atoms with Crippen LogP contribution >= 0.6 is 0 Å². The number of ether oxygens (including phenoxy) is 2. The maximum atomic E-state index is 13.4. The second-order valence-electron chi connectivity index (χ2n) is 9.51. The SMILES string of the molecule is O=C(c1cc(N2CCOCC2)no1)N1CCCOc2cccc(c2)CCC2CCCCN2CC1. The fourth-order valence-corrected chi connectivity index (χ4v) is 5.28. The Bertz CT molecular complexity index is 942. The van der Waals surface area contributed by atoms with E-state index in [1.54, 1.807) is 6.07 Å². The van der Waals surface area contributed by atoms with Crippen LogP contribution in [0.5, 0.6) is 5.75 Å². The summed E-state index contributed by atoms with van der Waals surface area (Å²) in [7, 11) is 0. The molecule has 34 heavy (non-hydrogen) atoms. The van der Waals surface area contributed by atoms with Crippen molar-refractivity contribution in [3.63, 3.8) is 0 Å². The lowest BCUT2D eigenvalue weighted by atomic mass is 9.95. The lowest BCUT2D eigenvalue weighted by Crippen LogP contribution is -2.45. The van der Waals surface area contributed by atoms with Gasteiger partial charge in [0.2, 0.25) is 5.76 Å². The number of benzene rings is 1. The molecule has 0 spiro atoms. The smallest absolute Gasteiger partial charge is 0.292 e. The Labute approximate surface area is 201 Å². The molecular weight excluding hydrogens is 432 g/mol. The Hall–Kier alpha value is -2.58. The molecule has 1 aromatic heterocycles. The normalized spacial score (nSPS) is 23.0. The van der Waals surface area contributed by atoms with E-state index in [0.29, 0.717) is 50.5 Å². The summed E-state index contributed by atoms with van der Waals surface area (Å²) in [6, 6.07) is 10.8. The maximum Gasteiger partial charge on any atom is 0.292 e. The second-order valence-corrected chi connectivity index (χ2v) is 9.51. The van der Waals surface area contributed by atoms with E-state index >= 15 is 0 Å². The van der Waals surface area contributed by atoms with Crippen molar-refractivity contribution in [2.45, 2.75) is 44.6 Å². The van der Waals surface area contributed by atoms with E-state index in [1.807, 2.05) is 11.0 Å². The van der Waals surface area contributed by atoms with Gasteiger partial charge in [0.25, 0.3) is 5.91 Å². The molecule has 2 bridgehead atoms. The zero-order valence-electron chi connectivity index (χ0n) is 20.0. The summed E-state index contributed by atoms with van der Waals surface area (Å²) in [5.74, 6) is 1.85. The van der Waals surface area contributed by atoms with E-state index < -0.39 is 0 Å². The minimum absolute atomic E-state index is 0.0883. The van der Waals surface area contributed by atoms with Gasteiger partial charge >= 0.3 is 0 Å². The van der Waals surface area contributed by atoms with Crippen LogP contribution in [-0.4, -0.2) is 86.0 Å². The molecule has 5 rings (SSSR count). The first-order chi connectivity index (χ1) is 16.8. The number of hydrogen-bond donors (Lipinski definition) is 0. The van der Waals surface area contributed by atoms with Crippen molar-refractivity contribution in [2.24, 2.45) is 0 Å².